The Hall–Kier alpha value is -4.26. The molecule has 0 spiro atoms. The van der Waals surface area contributed by atoms with Gasteiger partial charge < -0.3 is 5.11 Å². The van der Waals surface area contributed by atoms with Crippen LogP contribution in [0, 0.1) is 13.8 Å². The molecular formula is C32H23NO3S2. The predicted molar refractivity (Wildman–Crippen MR) is 156 cm³/mol. The fourth-order valence-corrected chi connectivity index (χ4v) is 6.91. The number of rotatable bonds is 5. The molecule has 0 unspecified atom stereocenters. The quantitative estimate of drug-likeness (QED) is 0.233. The molecule has 1 N–H and O–H groups in total. The van der Waals surface area contributed by atoms with E-state index in [2.05, 4.69) is 0 Å². The highest BCUT2D eigenvalue weighted by Crippen LogP contribution is 2.46. The Morgan fingerprint density at radius 3 is 1.47 bits per heavy atom. The van der Waals surface area contributed by atoms with Crippen LogP contribution in [0.3, 0.4) is 0 Å². The maximum absolute atomic E-state index is 14.1. The number of phenols is 1. The van der Waals surface area contributed by atoms with Crippen molar-refractivity contribution in [2.45, 2.75) is 13.8 Å². The molecule has 0 fully saturated rings. The molecule has 1 aliphatic rings. The van der Waals surface area contributed by atoms with E-state index in [9.17, 15) is 14.7 Å². The lowest BCUT2D eigenvalue weighted by atomic mass is 9.96. The summed E-state index contributed by atoms with van der Waals surface area (Å²) in [6, 6.07) is 30.5. The van der Waals surface area contributed by atoms with Crippen molar-refractivity contribution in [1.29, 1.82) is 0 Å². The number of imide groups is 1. The minimum Gasteiger partial charge on any atom is -0.506 e. The molecule has 4 nitrogen and oxygen atoms in total. The molecule has 38 heavy (non-hydrogen) atoms. The van der Waals surface area contributed by atoms with Crippen molar-refractivity contribution >= 4 is 51.3 Å². The molecule has 6 rings (SSSR count). The zero-order valence-electron chi connectivity index (χ0n) is 20.8. The fourth-order valence-electron chi connectivity index (χ4n) is 4.85. The first-order valence-corrected chi connectivity index (χ1v) is 13.8. The van der Waals surface area contributed by atoms with E-state index in [1.54, 1.807) is 40.9 Å². The largest absolute Gasteiger partial charge is 0.506 e. The molecular weight excluding hydrogens is 510 g/mol. The van der Waals surface area contributed by atoms with E-state index in [0.717, 1.165) is 46.7 Å². The number of amides is 2. The first kappa shape index (κ1) is 24.1. The molecule has 3 heterocycles. The van der Waals surface area contributed by atoms with Gasteiger partial charge in [0.1, 0.15) is 5.75 Å². The highest BCUT2D eigenvalue weighted by Gasteiger charge is 2.43. The van der Waals surface area contributed by atoms with E-state index in [4.69, 9.17) is 0 Å². The molecule has 0 saturated heterocycles. The molecule has 1 aliphatic heterocycles. The number of nitrogens with zero attached hydrogens (tertiary/aromatic N) is 1. The average Bonchev–Trinajstić information content (AvgIpc) is 3.58. The van der Waals surface area contributed by atoms with E-state index in [1.165, 1.54) is 6.07 Å². The van der Waals surface area contributed by atoms with Crippen LogP contribution in [0.25, 0.3) is 32.0 Å². The molecule has 6 heteroatoms. The van der Waals surface area contributed by atoms with Crippen molar-refractivity contribution in [1.82, 2.24) is 0 Å². The second-order valence-electron chi connectivity index (χ2n) is 9.08. The number of carbonyl (C=O) groups is 2. The molecule has 0 aliphatic carbocycles. The van der Waals surface area contributed by atoms with E-state index < -0.39 is 11.8 Å². The molecule has 2 amide bonds. The Kier molecular flexibility index (Phi) is 6.06. The average molecular weight is 534 g/mol. The summed E-state index contributed by atoms with van der Waals surface area (Å²) in [5, 5.41) is 10.6. The minimum absolute atomic E-state index is 0.117. The van der Waals surface area contributed by atoms with Crippen molar-refractivity contribution in [2.24, 2.45) is 0 Å². The summed E-state index contributed by atoms with van der Waals surface area (Å²) in [6.45, 7) is 3.96. The lowest BCUT2D eigenvalue weighted by Crippen LogP contribution is -2.31. The third kappa shape index (κ3) is 3.99. The Morgan fingerprint density at radius 1 is 0.605 bits per heavy atom. The van der Waals surface area contributed by atoms with Crippen LogP contribution in [-0.4, -0.2) is 16.9 Å². The summed E-state index contributed by atoms with van der Waals surface area (Å²) in [4.78, 5) is 33.2. The van der Waals surface area contributed by atoms with E-state index in [0.29, 0.717) is 11.1 Å². The summed E-state index contributed by atoms with van der Waals surface area (Å²) in [7, 11) is 0. The predicted octanol–water partition coefficient (Wildman–Crippen LogP) is 7.95. The van der Waals surface area contributed by atoms with Crippen LogP contribution in [-0.2, 0) is 9.59 Å². The monoisotopic (exact) mass is 533 g/mol. The molecule has 0 saturated carbocycles. The standard InChI is InChI=1S/C32H23NO3S2/c1-19-23(17-27(37-19)21-11-5-3-6-12-21)29-30(24-18-28(38-20(24)2)22-13-7-4-8-14-22)32(36)33(31(29)35)25-15-9-10-16-26(25)34/h3-18,34H,1-2H3. The second kappa shape index (κ2) is 9.56. The van der Waals surface area contributed by atoms with Gasteiger partial charge >= 0.3 is 0 Å². The first-order chi connectivity index (χ1) is 18.4. The smallest absolute Gasteiger partial charge is 0.266 e. The molecule has 0 radical (unpaired) electrons. The SMILES string of the molecule is Cc1sc(-c2ccccc2)cc1C1=C(c2cc(-c3ccccc3)sc2C)C(=O)N(c2ccccc2O)C1=O. The van der Waals surface area contributed by atoms with Crippen molar-refractivity contribution in [3.05, 3.63) is 118 Å². The van der Waals surface area contributed by atoms with Gasteiger partial charge in [0.25, 0.3) is 11.8 Å². The number of para-hydroxylation sites is 2. The second-order valence-corrected chi connectivity index (χ2v) is 11.6. The molecule has 0 atom stereocenters. The van der Waals surface area contributed by atoms with Gasteiger partial charge in [-0.15, -0.1) is 22.7 Å². The minimum atomic E-state index is -0.432. The zero-order chi connectivity index (χ0) is 26.4. The highest BCUT2D eigenvalue weighted by atomic mass is 32.1. The van der Waals surface area contributed by atoms with Gasteiger partial charge in [-0.05, 0) is 49.2 Å². The summed E-state index contributed by atoms with van der Waals surface area (Å²) < 4.78 is 0. The summed E-state index contributed by atoms with van der Waals surface area (Å²) in [6.07, 6.45) is 0. The number of anilines is 1. The molecule has 0 bridgehead atoms. The maximum atomic E-state index is 14.1. The fraction of sp³-hybridized carbons (Fsp3) is 0.0625. The van der Waals surface area contributed by atoms with Gasteiger partial charge in [0.05, 0.1) is 16.8 Å². The van der Waals surface area contributed by atoms with Gasteiger partial charge in [-0.1, -0.05) is 72.8 Å². The third-order valence-corrected chi connectivity index (χ3v) is 8.90. The lowest BCUT2D eigenvalue weighted by Gasteiger charge is -2.16. The van der Waals surface area contributed by atoms with Gasteiger partial charge in [0.2, 0.25) is 0 Å². The topological polar surface area (TPSA) is 57.6 Å². The van der Waals surface area contributed by atoms with Gasteiger partial charge in [0, 0.05) is 30.6 Å². The normalized spacial score (nSPS) is 13.6. The van der Waals surface area contributed by atoms with Crippen LogP contribution in [0.15, 0.2) is 97.1 Å². The molecule has 3 aromatic carbocycles. The molecule has 2 aromatic heterocycles. The Labute approximate surface area is 228 Å². The van der Waals surface area contributed by atoms with Crippen LogP contribution in [0.1, 0.15) is 20.9 Å². The number of hydrogen-bond acceptors (Lipinski definition) is 5. The number of benzene rings is 3. The number of aromatic hydroxyl groups is 1. The van der Waals surface area contributed by atoms with Gasteiger partial charge in [-0.25, -0.2) is 4.90 Å². The Morgan fingerprint density at radius 2 is 1.03 bits per heavy atom. The Balaban J connectivity index is 1.57. The molecule has 186 valence electrons. The highest BCUT2D eigenvalue weighted by molar-refractivity contribution is 7.16. The van der Waals surface area contributed by atoms with E-state index >= 15 is 0 Å². The lowest BCUT2D eigenvalue weighted by molar-refractivity contribution is -0.119. The van der Waals surface area contributed by atoms with Crippen LogP contribution >= 0.6 is 22.7 Å². The number of aryl methyl sites for hydroxylation is 2. The van der Waals surface area contributed by atoms with Gasteiger partial charge in [-0.3, -0.25) is 9.59 Å². The molecule has 5 aromatic rings. The van der Waals surface area contributed by atoms with Crippen molar-refractivity contribution < 1.29 is 14.7 Å². The number of hydrogen-bond donors (Lipinski definition) is 1. The van der Waals surface area contributed by atoms with Crippen LogP contribution in [0.4, 0.5) is 5.69 Å². The van der Waals surface area contributed by atoms with Crippen LogP contribution in [0.2, 0.25) is 0 Å². The number of thiophene rings is 2. The first-order valence-electron chi connectivity index (χ1n) is 12.2. The number of carbonyl (C=O) groups excluding carboxylic acids is 2. The van der Waals surface area contributed by atoms with E-state index in [1.807, 2.05) is 86.6 Å². The zero-order valence-corrected chi connectivity index (χ0v) is 22.4. The summed E-state index contributed by atoms with van der Waals surface area (Å²) in [5.41, 5.74) is 4.52. The Bertz CT molecular complexity index is 1620. The van der Waals surface area contributed by atoms with Crippen molar-refractivity contribution in [3.8, 4) is 26.6 Å². The van der Waals surface area contributed by atoms with Gasteiger partial charge in [-0.2, -0.15) is 0 Å². The third-order valence-electron chi connectivity index (χ3n) is 6.70. The summed E-state index contributed by atoms with van der Waals surface area (Å²) in [5.74, 6) is -0.980. The maximum Gasteiger partial charge on any atom is 0.266 e. The van der Waals surface area contributed by atoms with Crippen molar-refractivity contribution in [2.75, 3.05) is 4.90 Å². The van der Waals surface area contributed by atoms with Crippen LogP contribution < -0.4 is 4.90 Å². The number of phenolic OH excluding ortho intramolecular Hbond substituents is 1. The van der Waals surface area contributed by atoms with Crippen LogP contribution in [0.5, 0.6) is 5.75 Å². The summed E-state index contributed by atoms with van der Waals surface area (Å²) >= 11 is 3.20. The van der Waals surface area contributed by atoms with Crippen molar-refractivity contribution in [3.63, 3.8) is 0 Å². The van der Waals surface area contributed by atoms with E-state index in [-0.39, 0.29) is 11.4 Å². The van der Waals surface area contributed by atoms with Gasteiger partial charge in [0.15, 0.2) is 0 Å².